The Morgan fingerprint density at radius 1 is 0.515 bits per heavy atom. The lowest BCUT2D eigenvalue weighted by molar-refractivity contribution is -0.148. The van der Waals surface area contributed by atoms with E-state index in [4.69, 9.17) is 31.3 Å². The van der Waals surface area contributed by atoms with Crippen LogP contribution >= 0.6 is 0 Å². The summed E-state index contributed by atoms with van der Waals surface area (Å²) in [5, 5.41) is 49.8. The molecule has 0 aromatic carbocycles. The van der Waals surface area contributed by atoms with Crippen molar-refractivity contribution in [2.45, 2.75) is 49.9 Å². The molecular weight excluding hydrogens is 456 g/mol. The van der Waals surface area contributed by atoms with E-state index in [0.29, 0.717) is 0 Å². The maximum Gasteiger partial charge on any atom is 0.326 e. The summed E-state index contributed by atoms with van der Waals surface area (Å²) >= 11 is 0. The summed E-state index contributed by atoms with van der Waals surface area (Å²) in [6.45, 7) is 0. The average Bonchev–Trinajstić information content (AvgIpc) is 2.65. The predicted octanol–water partition coefficient (Wildman–Crippen LogP) is -4.25. The predicted molar refractivity (Wildman–Crippen MR) is 100 cm³/mol. The Morgan fingerprint density at radius 2 is 0.818 bits per heavy atom. The Labute approximate surface area is 183 Å². The molecule has 184 valence electrons. The molecule has 0 bridgehead atoms. The van der Waals surface area contributed by atoms with Crippen LogP contribution in [0.4, 0.5) is 0 Å². The van der Waals surface area contributed by atoms with E-state index in [-0.39, 0.29) is 0 Å². The minimum Gasteiger partial charge on any atom is -0.481 e. The van der Waals surface area contributed by atoms with E-state index in [2.05, 4.69) is 0 Å². The summed E-state index contributed by atoms with van der Waals surface area (Å²) < 4.78 is 0. The highest BCUT2D eigenvalue weighted by Gasteiger charge is 2.30. The monoisotopic (exact) mass is 478 g/mol. The van der Waals surface area contributed by atoms with Gasteiger partial charge in [-0.2, -0.15) is 0 Å². The molecule has 10 N–H and O–H groups in total. The molecule has 0 aromatic heterocycles. The van der Waals surface area contributed by atoms with Crippen LogP contribution < -0.4 is 21.7 Å². The molecule has 0 saturated heterocycles. The molecule has 3 amide bonds. The number of aliphatic carboxylic acids is 5. The summed E-state index contributed by atoms with van der Waals surface area (Å²) in [6.07, 6.45) is -3.84. The number of amides is 3. The van der Waals surface area contributed by atoms with Crippen LogP contribution in [0.15, 0.2) is 0 Å². The number of carbonyl (C=O) groups excluding carboxylic acids is 3. The van der Waals surface area contributed by atoms with E-state index >= 15 is 0 Å². The van der Waals surface area contributed by atoms with E-state index in [9.17, 15) is 38.4 Å². The standard InChI is InChI=1S/C16H22N4O13/c17-5(13(26)27)1-9(21)18-6(14(28)29)2-10(22)19-7(15(30)31)3-11(23)20-8(16(32)33)4-12(24)25/h5-8H,1-4,17H2,(H,18,21)(H,19,22)(H,20,23)(H,24,25)(H,26,27)(H,28,29)(H,30,31)(H,32,33). The van der Waals surface area contributed by atoms with E-state index < -0.39 is 97.4 Å². The SMILES string of the molecule is NC(CC(=O)NC(CC(=O)NC(CC(=O)NC(CC(=O)O)C(=O)O)C(=O)O)C(=O)O)C(=O)O. The molecule has 0 aliphatic rings. The maximum absolute atomic E-state index is 12.0. The minimum atomic E-state index is -1.96. The van der Waals surface area contributed by atoms with Gasteiger partial charge in [-0.3, -0.25) is 24.0 Å². The van der Waals surface area contributed by atoms with Gasteiger partial charge in [-0.1, -0.05) is 0 Å². The largest absolute Gasteiger partial charge is 0.481 e. The van der Waals surface area contributed by atoms with E-state index in [1.807, 2.05) is 10.6 Å². The van der Waals surface area contributed by atoms with Crippen molar-refractivity contribution < 1.29 is 63.9 Å². The molecule has 4 unspecified atom stereocenters. The summed E-state index contributed by atoms with van der Waals surface area (Å²) in [5.74, 6) is -11.9. The van der Waals surface area contributed by atoms with Crippen LogP contribution in [0.25, 0.3) is 0 Å². The van der Waals surface area contributed by atoms with Crippen molar-refractivity contribution in [3.63, 3.8) is 0 Å². The molecule has 0 radical (unpaired) electrons. The van der Waals surface area contributed by atoms with Crippen molar-refractivity contribution in [1.82, 2.24) is 16.0 Å². The number of carboxylic acids is 5. The summed E-state index contributed by atoms with van der Waals surface area (Å²) in [6, 6.07) is -7.36. The van der Waals surface area contributed by atoms with Gasteiger partial charge in [0.25, 0.3) is 0 Å². The molecule has 0 aromatic rings. The Hall–Kier alpha value is -4.28. The molecule has 4 atom stereocenters. The normalized spacial score (nSPS) is 14.0. The van der Waals surface area contributed by atoms with Crippen LogP contribution in [0, 0.1) is 0 Å². The third-order valence-electron chi connectivity index (χ3n) is 3.78. The molecule has 0 saturated carbocycles. The summed E-state index contributed by atoms with van der Waals surface area (Å²) in [5.41, 5.74) is 5.14. The molecule has 17 heteroatoms. The summed E-state index contributed by atoms with van der Waals surface area (Å²) in [4.78, 5) is 90.3. The van der Waals surface area contributed by atoms with Gasteiger partial charge in [0.2, 0.25) is 17.7 Å². The number of carboxylic acid groups (broad SMARTS) is 5. The topological polar surface area (TPSA) is 300 Å². The van der Waals surface area contributed by atoms with E-state index in [1.54, 1.807) is 5.32 Å². The Morgan fingerprint density at radius 3 is 1.09 bits per heavy atom. The van der Waals surface area contributed by atoms with Crippen LogP contribution in [0.2, 0.25) is 0 Å². The molecule has 0 aliphatic heterocycles. The van der Waals surface area contributed by atoms with Crippen LogP contribution in [-0.2, 0) is 38.4 Å². The van der Waals surface area contributed by atoms with Crippen molar-refractivity contribution in [3.8, 4) is 0 Å². The molecule has 0 spiro atoms. The van der Waals surface area contributed by atoms with Gasteiger partial charge in [0.1, 0.15) is 24.2 Å². The third-order valence-corrected chi connectivity index (χ3v) is 3.78. The number of hydrogen-bond donors (Lipinski definition) is 9. The zero-order valence-electron chi connectivity index (χ0n) is 16.7. The first kappa shape index (κ1) is 28.7. The molecule has 0 fully saturated rings. The lowest BCUT2D eigenvalue weighted by atomic mass is 10.1. The van der Waals surface area contributed by atoms with Gasteiger partial charge in [-0.15, -0.1) is 0 Å². The van der Waals surface area contributed by atoms with Crippen molar-refractivity contribution in [2.75, 3.05) is 0 Å². The van der Waals surface area contributed by atoms with E-state index in [0.717, 1.165) is 0 Å². The lowest BCUT2D eigenvalue weighted by Crippen LogP contribution is -2.50. The van der Waals surface area contributed by atoms with Gasteiger partial charge in [-0.05, 0) is 0 Å². The first-order valence-electron chi connectivity index (χ1n) is 8.90. The fourth-order valence-corrected chi connectivity index (χ4v) is 2.19. The van der Waals surface area contributed by atoms with Crippen LogP contribution in [-0.4, -0.2) is 97.3 Å². The van der Waals surface area contributed by atoms with Gasteiger partial charge in [0, 0.05) is 0 Å². The zero-order chi connectivity index (χ0) is 25.9. The number of hydrogen-bond acceptors (Lipinski definition) is 9. The Balaban J connectivity index is 5.06. The maximum atomic E-state index is 12.0. The first-order valence-corrected chi connectivity index (χ1v) is 8.90. The molecule has 0 rings (SSSR count). The number of carbonyl (C=O) groups is 8. The number of nitrogens with one attached hydrogen (secondary N) is 3. The number of nitrogens with two attached hydrogens (primary N) is 1. The summed E-state index contributed by atoms with van der Waals surface area (Å²) in [7, 11) is 0. The second-order valence-corrected chi connectivity index (χ2v) is 6.53. The molecule has 0 heterocycles. The quantitative estimate of drug-likeness (QED) is 0.108. The van der Waals surface area contributed by atoms with Gasteiger partial charge in [-0.25, -0.2) is 14.4 Å². The third kappa shape index (κ3) is 11.6. The molecule has 0 aliphatic carbocycles. The number of rotatable bonds is 15. The van der Waals surface area contributed by atoms with Crippen LogP contribution in [0.3, 0.4) is 0 Å². The highest BCUT2D eigenvalue weighted by Crippen LogP contribution is 2.01. The fourth-order valence-electron chi connectivity index (χ4n) is 2.19. The lowest BCUT2D eigenvalue weighted by Gasteiger charge is -2.19. The van der Waals surface area contributed by atoms with Gasteiger partial charge >= 0.3 is 29.8 Å². The van der Waals surface area contributed by atoms with Crippen LogP contribution in [0.1, 0.15) is 25.7 Å². The van der Waals surface area contributed by atoms with Crippen molar-refractivity contribution in [2.24, 2.45) is 5.73 Å². The van der Waals surface area contributed by atoms with Gasteiger partial charge < -0.3 is 47.2 Å². The Bertz CT molecular complexity index is 827. The second-order valence-electron chi connectivity index (χ2n) is 6.53. The van der Waals surface area contributed by atoms with Gasteiger partial charge in [0.05, 0.1) is 25.7 Å². The smallest absolute Gasteiger partial charge is 0.326 e. The molecule has 17 nitrogen and oxygen atoms in total. The second kappa shape index (κ2) is 13.2. The molecular formula is C16H22N4O13. The zero-order valence-corrected chi connectivity index (χ0v) is 16.7. The highest BCUT2D eigenvalue weighted by atomic mass is 16.4. The minimum absolute atomic E-state index is 0.806. The van der Waals surface area contributed by atoms with Crippen molar-refractivity contribution in [1.29, 1.82) is 0 Å². The highest BCUT2D eigenvalue weighted by molar-refractivity contribution is 5.93. The van der Waals surface area contributed by atoms with Gasteiger partial charge in [0.15, 0.2) is 0 Å². The average molecular weight is 478 g/mol. The van der Waals surface area contributed by atoms with Crippen molar-refractivity contribution >= 4 is 47.6 Å². The fraction of sp³-hybridized carbons (Fsp3) is 0.500. The Kier molecular flexibility index (Phi) is 11.5. The van der Waals surface area contributed by atoms with E-state index in [1.165, 1.54) is 0 Å². The van der Waals surface area contributed by atoms with Crippen LogP contribution in [0.5, 0.6) is 0 Å². The first-order chi connectivity index (χ1) is 15.1. The van der Waals surface area contributed by atoms with Crippen molar-refractivity contribution in [3.05, 3.63) is 0 Å². The molecule has 33 heavy (non-hydrogen) atoms.